The number of amides is 1. The zero-order valence-corrected chi connectivity index (χ0v) is 11.1. The summed E-state index contributed by atoms with van der Waals surface area (Å²) in [6, 6.07) is 4.69. The normalized spacial score (nSPS) is 9.70. The SMILES string of the molecule is CC(=O)Oc1ccc(CCNC(=O)O)cc1OC(C)=O. The average molecular weight is 281 g/mol. The third kappa shape index (κ3) is 5.38. The Kier molecular flexibility index (Phi) is 5.52. The summed E-state index contributed by atoms with van der Waals surface area (Å²) in [5.74, 6) is -0.805. The van der Waals surface area contributed by atoms with Gasteiger partial charge in [-0.05, 0) is 24.1 Å². The molecule has 0 aliphatic heterocycles. The molecule has 0 unspecified atom stereocenters. The molecular weight excluding hydrogens is 266 g/mol. The standard InChI is InChI=1S/C13H15NO6/c1-8(15)19-11-4-3-10(5-6-14-13(17)18)7-12(11)20-9(2)16/h3-4,7,14H,5-6H2,1-2H3,(H,17,18). The smallest absolute Gasteiger partial charge is 0.404 e. The van der Waals surface area contributed by atoms with Crippen molar-refractivity contribution >= 4 is 18.0 Å². The number of nitrogens with one attached hydrogen (secondary N) is 1. The fraction of sp³-hybridized carbons (Fsp3) is 0.308. The van der Waals surface area contributed by atoms with Gasteiger partial charge in [0.15, 0.2) is 11.5 Å². The van der Waals surface area contributed by atoms with Gasteiger partial charge in [-0.15, -0.1) is 0 Å². The maximum atomic E-state index is 11.0. The molecule has 0 heterocycles. The summed E-state index contributed by atoms with van der Waals surface area (Å²) in [5, 5.41) is 10.7. The van der Waals surface area contributed by atoms with Gasteiger partial charge in [-0.1, -0.05) is 6.07 Å². The number of rotatable bonds is 5. The Labute approximate surface area is 115 Å². The third-order valence-corrected chi connectivity index (χ3v) is 2.21. The van der Waals surface area contributed by atoms with E-state index in [0.717, 1.165) is 5.56 Å². The van der Waals surface area contributed by atoms with Crippen LogP contribution in [0, 0.1) is 0 Å². The largest absolute Gasteiger partial charge is 0.465 e. The van der Waals surface area contributed by atoms with Crippen LogP contribution in [0.2, 0.25) is 0 Å². The van der Waals surface area contributed by atoms with E-state index in [1.807, 2.05) is 0 Å². The van der Waals surface area contributed by atoms with Crippen molar-refractivity contribution in [3.8, 4) is 11.5 Å². The van der Waals surface area contributed by atoms with Crippen molar-refractivity contribution in [1.82, 2.24) is 5.32 Å². The van der Waals surface area contributed by atoms with Gasteiger partial charge in [0.2, 0.25) is 0 Å². The first kappa shape index (κ1) is 15.5. The molecule has 1 rings (SSSR count). The van der Waals surface area contributed by atoms with Crippen LogP contribution in [0.3, 0.4) is 0 Å². The summed E-state index contributed by atoms with van der Waals surface area (Å²) >= 11 is 0. The van der Waals surface area contributed by atoms with Crippen molar-refractivity contribution in [2.24, 2.45) is 0 Å². The van der Waals surface area contributed by atoms with Crippen LogP contribution in [0.1, 0.15) is 19.4 Å². The van der Waals surface area contributed by atoms with Crippen LogP contribution in [-0.2, 0) is 16.0 Å². The summed E-state index contributed by atoms with van der Waals surface area (Å²) < 4.78 is 9.88. The number of carbonyl (C=O) groups is 3. The Morgan fingerprint density at radius 2 is 1.70 bits per heavy atom. The molecule has 0 aromatic heterocycles. The predicted molar refractivity (Wildman–Crippen MR) is 68.8 cm³/mol. The predicted octanol–water partition coefficient (Wildman–Crippen LogP) is 1.35. The molecule has 0 aliphatic rings. The minimum absolute atomic E-state index is 0.125. The summed E-state index contributed by atoms with van der Waals surface area (Å²) in [7, 11) is 0. The summed E-state index contributed by atoms with van der Waals surface area (Å²) in [6.45, 7) is 2.69. The van der Waals surface area contributed by atoms with Crippen molar-refractivity contribution < 1.29 is 29.0 Å². The van der Waals surface area contributed by atoms with Crippen LogP contribution in [-0.4, -0.2) is 29.7 Å². The molecule has 20 heavy (non-hydrogen) atoms. The second-order valence-corrected chi connectivity index (χ2v) is 3.95. The number of hydrogen-bond acceptors (Lipinski definition) is 5. The number of esters is 2. The highest BCUT2D eigenvalue weighted by atomic mass is 16.6. The Morgan fingerprint density at radius 1 is 1.10 bits per heavy atom. The summed E-state index contributed by atoms with van der Waals surface area (Å²) in [6.07, 6.45) is -0.692. The Balaban J connectivity index is 2.86. The van der Waals surface area contributed by atoms with E-state index in [-0.39, 0.29) is 18.0 Å². The molecule has 0 aliphatic carbocycles. The molecule has 7 heteroatoms. The lowest BCUT2D eigenvalue weighted by Gasteiger charge is -2.10. The molecule has 1 amide bonds. The van der Waals surface area contributed by atoms with Crippen LogP contribution in [0.15, 0.2) is 18.2 Å². The Hall–Kier alpha value is -2.57. The molecule has 0 fully saturated rings. The van der Waals surface area contributed by atoms with E-state index in [1.54, 1.807) is 6.07 Å². The lowest BCUT2D eigenvalue weighted by atomic mass is 10.1. The molecule has 0 spiro atoms. The van der Waals surface area contributed by atoms with Gasteiger partial charge in [-0.3, -0.25) is 9.59 Å². The van der Waals surface area contributed by atoms with Gasteiger partial charge in [-0.2, -0.15) is 0 Å². The molecule has 0 bridgehead atoms. The number of ether oxygens (including phenoxy) is 2. The van der Waals surface area contributed by atoms with E-state index in [4.69, 9.17) is 14.6 Å². The number of carbonyl (C=O) groups excluding carboxylic acids is 2. The van der Waals surface area contributed by atoms with Crippen LogP contribution < -0.4 is 14.8 Å². The van der Waals surface area contributed by atoms with Crippen LogP contribution in [0.25, 0.3) is 0 Å². The van der Waals surface area contributed by atoms with Gasteiger partial charge in [0.05, 0.1) is 0 Å². The molecule has 108 valence electrons. The highest BCUT2D eigenvalue weighted by molar-refractivity contribution is 5.73. The van der Waals surface area contributed by atoms with Crippen LogP contribution in [0.4, 0.5) is 4.79 Å². The van der Waals surface area contributed by atoms with Crippen molar-refractivity contribution in [2.75, 3.05) is 6.54 Å². The van der Waals surface area contributed by atoms with E-state index in [1.165, 1.54) is 26.0 Å². The lowest BCUT2D eigenvalue weighted by Crippen LogP contribution is -2.23. The molecule has 2 N–H and O–H groups in total. The van der Waals surface area contributed by atoms with E-state index in [9.17, 15) is 14.4 Å². The zero-order valence-electron chi connectivity index (χ0n) is 11.1. The van der Waals surface area contributed by atoms with Crippen LogP contribution >= 0.6 is 0 Å². The fourth-order valence-electron chi connectivity index (χ4n) is 1.50. The van der Waals surface area contributed by atoms with Crippen molar-refractivity contribution in [3.05, 3.63) is 23.8 Å². The Bertz CT molecular complexity index is 526. The van der Waals surface area contributed by atoms with Gasteiger partial charge in [0.1, 0.15) is 0 Å². The Morgan fingerprint density at radius 3 is 2.25 bits per heavy atom. The number of carboxylic acid groups (broad SMARTS) is 1. The van der Waals surface area contributed by atoms with Gasteiger partial charge in [0.25, 0.3) is 0 Å². The first-order valence-corrected chi connectivity index (χ1v) is 5.85. The lowest BCUT2D eigenvalue weighted by molar-refractivity contribution is -0.134. The number of benzene rings is 1. The minimum Gasteiger partial charge on any atom is -0.465 e. The maximum Gasteiger partial charge on any atom is 0.404 e. The van der Waals surface area contributed by atoms with Crippen molar-refractivity contribution in [2.45, 2.75) is 20.3 Å². The average Bonchev–Trinajstić information content (AvgIpc) is 2.30. The molecule has 7 nitrogen and oxygen atoms in total. The van der Waals surface area contributed by atoms with Gasteiger partial charge in [-0.25, -0.2) is 4.79 Å². The first-order valence-electron chi connectivity index (χ1n) is 5.85. The van der Waals surface area contributed by atoms with Gasteiger partial charge in [0, 0.05) is 20.4 Å². The van der Waals surface area contributed by atoms with Gasteiger partial charge < -0.3 is 19.9 Å². The second kappa shape index (κ2) is 7.13. The topological polar surface area (TPSA) is 102 Å². The quantitative estimate of drug-likeness (QED) is 0.624. The van der Waals surface area contributed by atoms with E-state index in [0.29, 0.717) is 6.42 Å². The summed E-state index contributed by atoms with van der Waals surface area (Å²) in [5.41, 5.74) is 0.742. The van der Waals surface area contributed by atoms with E-state index in [2.05, 4.69) is 5.32 Å². The molecule has 0 radical (unpaired) electrons. The second-order valence-electron chi connectivity index (χ2n) is 3.95. The van der Waals surface area contributed by atoms with Crippen molar-refractivity contribution in [1.29, 1.82) is 0 Å². The monoisotopic (exact) mass is 281 g/mol. The highest BCUT2D eigenvalue weighted by Gasteiger charge is 2.11. The van der Waals surface area contributed by atoms with E-state index < -0.39 is 18.0 Å². The molecule has 0 saturated heterocycles. The maximum absolute atomic E-state index is 11.0. The molecular formula is C13H15NO6. The van der Waals surface area contributed by atoms with Crippen LogP contribution in [0.5, 0.6) is 11.5 Å². The molecule has 0 saturated carbocycles. The van der Waals surface area contributed by atoms with Crippen molar-refractivity contribution in [3.63, 3.8) is 0 Å². The zero-order chi connectivity index (χ0) is 15.1. The third-order valence-electron chi connectivity index (χ3n) is 2.21. The van der Waals surface area contributed by atoms with Gasteiger partial charge >= 0.3 is 18.0 Å². The first-order chi connectivity index (χ1) is 9.38. The molecule has 0 atom stereocenters. The minimum atomic E-state index is -1.11. The summed E-state index contributed by atoms with van der Waals surface area (Å²) in [4.78, 5) is 32.3. The fourth-order valence-corrected chi connectivity index (χ4v) is 1.50. The number of hydrogen-bond donors (Lipinski definition) is 2. The molecule has 1 aromatic carbocycles. The van der Waals surface area contributed by atoms with E-state index >= 15 is 0 Å². The highest BCUT2D eigenvalue weighted by Crippen LogP contribution is 2.29. The molecule has 1 aromatic rings.